The second kappa shape index (κ2) is 8.62. The van der Waals surface area contributed by atoms with Gasteiger partial charge < -0.3 is 15.0 Å². The number of methoxy groups -OCH3 is 1. The first kappa shape index (κ1) is 19.4. The molecule has 1 aliphatic rings. The highest BCUT2D eigenvalue weighted by Gasteiger charge is 2.25. The molecule has 1 unspecified atom stereocenters. The van der Waals surface area contributed by atoms with Crippen molar-refractivity contribution in [2.75, 3.05) is 33.8 Å². The number of hydrogen-bond donors (Lipinski definition) is 1. The molecule has 5 heteroatoms. The second-order valence-corrected chi connectivity index (χ2v) is 7.62. The van der Waals surface area contributed by atoms with Crippen LogP contribution in [0.15, 0.2) is 54.6 Å². The van der Waals surface area contributed by atoms with Gasteiger partial charge in [-0.3, -0.25) is 4.79 Å². The van der Waals surface area contributed by atoms with Crippen molar-refractivity contribution in [1.82, 2.24) is 15.2 Å². The fourth-order valence-electron chi connectivity index (χ4n) is 4.14. The van der Waals surface area contributed by atoms with E-state index in [0.29, 0.717) is 5.92 Å². The molecular weight excluding hydrogens is 362 g/mol. The molecule has 150 valence electrons. The summed E-state index contributed by atoms with van der Waals surface area (Å²) < 4.78 is 5.26. The number of aromatic nitrogens is 1. The molecule has 0 radical (unpaired) electrons. The van der Waals surface area contributed by atoms with Crippen LogP contribution in [0.25, 0.3) is 22.2 Å². The van der Waals surface area contributed by atoms with E-state index in [1.165, 1.54) is 6.42 Å². The molecule has 2 heterocycles. The van der Waals surface area contributed by atoms with Crippen LogP contribution < -0.4 is 10.1 Å². The summed E-state index contributed by atoms with van der Waals surface area (Å²) in [5, 5.41) is 4.16. The number of piperidine rings is 1. The highest BCUT2D eigenvalue weighted by Crippen LogP contribution is 2.28. The van der Waals surface area contributed by atoms with E-state index in [-0.39, 0.29) is 5.91 Å². The molecule has 2 aromatic carbocycles. The molecule has 29 heavy (non-hydrogen) atoms. The molecular formula is C24H27N3O2. The first-order valence-electron chi connectivity index (χ1n) is 10.2. The van der Waals surface area contributed by atoms with Crippen molar-refractivity contribution in [2.24, 2.45) is 5.92 Å². The Balaban J connectivity index is 1.73. The van der Waals surface area contributed by atoms with Crippen LogP contribution in [0.3, 0.4) is 0 Å². The number of rotatable bonds is 5. The summed E-state index contributed by atoms with van der Waals surface area (Å²) in [7, 11) is 3.62. The van der Waals surface area contributed by atoms with Crippen LogP contribution in [0.1, 0.15) is 23.2 Å². The fraction of sp³-hybridized carbons (Fsp3) is 0.333. The Kier molecular flexibility index (Phi) is 5.76. The third-order valence-electron chi connectivity index (χ3n) is 5.63. The van der Waals surface area contributed by atoms with E-state index in [0.717, 1.165) is 59.5 Å². The average molecular weight is 389 g/mol. The summed E-state index contributed by atoms with van der Waals surface area (Å²) in [6.07, 6.45) is 2.21. The maximum Gasteiger partial charge on any atom is 0.254 e. The van der Waals surface area contributed by atoms with E-state index in [9.17, 15) is 4.79 Å². The maximum absolute atomic E-state index is 13.5. The SMILES string of the molecule is CNCC1CCCN(C(=O)c2cc(-c3ccc(OC)cc3)nc3ccccc23)C1. The van der Waals surface area contributed by atoms with Crippen LogP contribution in [0, 0.1) is 5.92 Å². The molecule has 4 rings (SSSR count). The molecule has 1 amide bonds. The highest BCUT2D eigenvalue weighted by molar-refractivity contribution is 6.07. The van der Waals surface area contributed by atoms with Crippen molar-refractivity contribution in [1.29, 1.82) is 0 Å². The lowest BCUT2D eigenvalue weighted by atomic mass is 9.96. The van der Waals surface area contributed by atoms with Gasteiger partial charge in [0.05, 0.1) is 23.9 Å². The first-order chi connectivity index (χ1) is 14.2. The average Bonchev–Trinajstić information content (AvgIpc) is 2.78. The molecule has 3 aromatic rings. The predicted molar refractivity (Wildman–Crippen MR) is 116 cm³/mol. The minimum atomic E-state index is 0.0964. The number of pyridine rings is 1. The van der Waals surface area contributed by atoms with Crippen molar-refractivity contribution in [3.63, 3.8) is 0 Å². The van der Waals surface area contributed by atoms with Gasteiger partial charge in [-0.2, -0.15) is 0 Å². The van der Waals surface area contributed by atoms with E-state index >= 15 is 0 Å². The molecule has 1 saturated heterocycles. The van der Waals surface area contributed by atoms with Gasteiger partial charge in [0.2, 0.25) is 0 Å². The van der Waals surface area contributed by atoms with Gasteiger partial charge in [-0.15, -0.1) is 0 Å². The number of carbonyl (C=O) groups is 1. The van der Waals surface area contributed by atoms with E-state index in [1.54, 1.807) is 7.11 Å². The summed E-state index contributed by atoms with van der Waals surface area (Å²) >= 11 is 0. The normalized spacial score (nSPS) is 16.8. The number of hydrogen-bond acceptors (Lipinski definition) is 4. The monoisotopic (exact) mass is 389 g/mol. The van der Waals surface area contributed by atoms with Gasteiger partial charge in [-0.05, 0) is 68.8 Å². The summed E-state index contributed by atoms with van der Waals surface area (Å²) in [6.45, 7) is 2.56. The summed E-state index contributed by atoms with van der Waals surface area (Å²) in [4.78, 5) is 20.3. The van der Waals surface area contributed by atoms with Gasteiger partial charge in [-0.25, -0.2) is 4.98 Å². The molecule has 1 N–H and O–H groups in total. The van der Waals surface area contributed by atoms with Crippen molar-refractivity contribution in [3.8, 4) is 17.0 Å². The Bertz CT molecular complexity index is 999. The first-order valence-corrected chi connectivity index (χ1v) is 10.2. The minimum Gasteiger partial charge on any atom is -0.497 e. The van der Waals surface area contributed by atoms with E-state index in [1.807, 2.05) is 66.5 Å². The fourth-order valence-corrected chi connectivity index (χ4v) is 4.14. The van der Waals surface area contributed by atoms with Gasteiger partial charge in [0.15, 0.2) is 0 Å². The number of nitrogens with zero attached hydrogens (tertiary/aromatic N) is 2. The molecule has 1 atom stereocenters. The Hall–Kier alpha value is -2.92. The summed E-state index contributed by atoms with van der Waals surface area (Å²) in [6, 6.07) is 17.6. The van der Waals surface area contributed by atoms with Crippen LogP contribution >= 0.6 is 0 Å². The lowest BCUT2D eigenvalue weighted by molar-refractivity contribution is 0.0676. The van der Waals surface area contributed by atoms with E-state index in [2.05, 4.69) is 5.32 Å². The zero-order chi connectivity index (χ0) is 20.2. The Morgan fingerprint density at radius 3 is 2.76 bits per heavy atom. The molecule has 0 aliphatic carbocycles. The minimum absolute atomic E-state index is 0.0964. The highest BCUT2D eigenvalue weighted by atomic mass is 16.5. The molecule has 5 nitrogen and oxygen atoms in total. The number of fused-ring (bicyclic) bond motifs is 1. The van der Waals surface area contributed by atoms with Crippen molar-refractivity contribution >= 4 is 16.8 Å². The largest absolute Gasteiger partial charge is 0.497 e. The number of carbonyl (C=O) groups excluding carboxylic acids is 1. The third-order valence-corrected chi connectivity index (χ3v) is 5.63. The molecule has 1 aliphatic heterocycles. The van der Waals surface area contributed by atoms with Crippen LogP contribution in [0.5, 0.6) is 5.75 Å². The number of likely N-dealkylation sites (tertiary alicyclic amines) is 1. The lowest BCUT2D eigenvalue weighted by Gasteiger charge is -2.33. The van der Waals surface area contributed by atoms with Gasteiger partial charge in [0, 0.05) is 24.0 Å². The number of amides is 1. The van der Waals surface area contributed by atoms with Gasteiger partial charge in [-0.1, -0.05) is 18.2 Å². The van der Waals surface area contributed by atoms with E-state index in [4.69, 9.17) is 9.72 Å². The topological polar surface area (TPSA) is 54.5 Å². The number of benzene rings is 2. The summed E-state index contributed by atoms with van der Waals surface area (Å²) in [5.74, 6) is 1.40. The van der Waals surface area contributed by atoms with Gasteiger partial charge in [0.25, 0.3) is 5.91 Å². The third kappa shape index (κ3) is 4.10. The van der Waals surface area contributed by atoms with E-state index < -0.39 is 0 Å². The Labute approximate surface area is 171 Å². The summed E-state index contributed by atoms with van der Waals surface area (Å²) in [5.41, 5.74) is 3.34. The maximum atomic E-state index is 13.5. The predicted octanol–water partition coefficient (Wildman–Crippen LogP) is 3.98. The molecule has 1 fully saturated rings. The zero-order valence-corrected chi connectivity index (χ0v) is 17.0. The van der Waals surface area contributed by atoms with Crippen molar-refractivity contribution in [2.45, 2.75) is 12.8 Å². The second-order valence-electron chi connectivity index (χ2n) is 7.62. The van der Waals surface area contributed by atoms with Crippen molar-refractivity contribution in [3.05, 3.63) is 60.2 Å². The van der Waals surface area contributed by atoms with Crippen LogP contribution in [-0.4, -0.2) is 49.6 Å². The quantitative estimate of drug-likeness (QED) is 0.717. The zero-order valence-electron chi connectivity index (χ0n) is 17.0. The van der Waals surface area contributed by atoms with Crippen LogP contribution in [0.2, 0.25) is 0 Å². The Morgan fingerprint density at radius 1 is 1.21 bits per heavy atom. The van der Waals surface area contributed by atoms with Crippen LogP contribution in [-0.2, 0) is 0 Å². The molecule has 0 bridgehead atoms. The van der Waals surface area contributed by atoms with Gasteiger partial charge in [0.1, 0.15) is 5.75 Å². The lowest BCUT2D eigenvalue weighted by Crippen LogP contribution is -2.42. The van der Waals surface area contributed by atoms with Gasteiger partial charge >= 0.3 is 0 Å². The number of ether oxygens (including phenoxy) is 1. The van der Waals surface area contributed by atoms with Crippen LogP contribution in [0.4, 0.5) is 0 Å². The standard InChI is InChI=1S/C24H27N3O2/c1-25-15-17-6-5-13-27(16-17)24(28)21-14-23(18-9-11-19(29-2)12-10-18)26-22-8-4-3-7-20(21)22/h3-4,7-12,14,17,25H,5-6,13,15-16H2,1-2H3. The number of para-hydroxylation sites is 1. The molecule has 0 spiro atoms. The molecule has 1 aromatic heterocycles. The molecule has 0 saturated carbocycles. The smallest absolute Gasteiger partial charge is 0.254 e. The Morgan fingerprint density at radius 2 is 2.00 bits per heavy atom. The van der Waals surface area contributed by atoms with Crippen molar-refractivity contribution < 1.29 is 9.53 Å². The number of nitrogens with one attached hydrogen (secondary N) is 1.